The third kappa shape index (κ3) is 4.57. The lowest BCUT2D eigenvalue weighted by Gasteiger charge is -2.30. The van der Waals surface area contributed by atoms with Crippen LogP contribution in [0.15, 0.2) is 28.7 Å². The van der Waals surface area contributed by atoms with E-state index in [-0.39, 0.29) is 30.3 Å². The Kier molecular flexibility index (Phi) is 5.56. The van der Waals surface area contributed by atoms with Crippen LogP contribution < -0.4 is 16.0 Å². The highest BCUT2D eigenvalue weighted by Gasteiger charge is 2.34. The fraction of sp³-hybridized carbons (Fsp3) is 0.556. The van der Waals surface area contributed by atoms with Crippen LogP contribution in [-0.4, -0.2) is 29.9 Å². The lowest BCUT2D eigenvalue weighted by atomic mass is 9.98. The average molecular weight is 394 g/mol. The van der Waals surface area contributed by atoms with Gasteiger partial charge in [0.1, 0.15) is 0 Å². The van der Waals surface area contributed by atoms with Gasteiger partial charge in [-0.1, -0.05) is 28.1 Å². The number of nitrogens with one attached hydrogen (secondary N) is 3. The predicted molar refractivity (Wildman–Crippen MR) is 96.4 cm³/mol. The Labute approximate surface area is 151 Å². The monoisotopic (exact) mass is 393 g/mol. The molecule has 3 N–H and O–H groups in total. The van der Waals surface area contributed by atoms with Gasteiger partial charge in [0, 0.05) is 29.5 Å². The van der Waals surface area contributed by atoms with Crippen molar-refractivity contribution in [1.29, 1.82) is 0 Å². The summed E-state index contributed by atoms with van der Waals surface area (Å²) in [5, 5.41) is 9.63. The topological polar surface area (TPSA) is 70.2 Å². The predicted octanol–water partition coefficient (Wildman–Crippen LogP) is 2.42. The van der Waals surface area contributed by atoms with Gasteiger partial charge in [-0.25, -0.2) is 0 Å². The van der Waals surface area contributed by atoms with Crippen molar-refractivity contribution in [2.45, 2.75) is 63.2 Å². The van der Waals surface area contributed by atoms with Crippen molar-refractivity contribution >= 4 is 27.7 Å². The molecule has 5 nitrogen and oxygen atoms in total. The number of hydrogen-bond donors (Lipinski definition) is 3. The minimum Gasteiger partial charge on any atom is -0.353 e. The Morgan fingerprint density at radius 3 is 2.42 bits per heavy atom. The van der Waals surface area contributed by atoms with Gasteiger partial charge < -0.3 is 16.0 Å². The first-order valence-electron chi connectivity index (χ1n) is 8.57. The Morgan fingerprint density at radius 1 is 1.21 bits per heavy atom. The molecule has 1 aromatic carbocycles. The van der Waals surface area contributed by atoms with Crippen LogP contribution in [0.5, 0.6) is 0 Å². The molecule has 3 unspecified atom stereocenters. The lowest BCUT2D eigenvalue weighted by molar-refractivity contribution is -0.123. The van der Waals surface area contributed by atoms with Gasteiger partial charge in [-0.15, -0.1) is 0 Å². The summed E-state index contributed by atoms with van der Waals surface area (Å²) in [4.78, 5) is 24.0. The number of hydrogen-bond acceptors (Lipinski definition) is 3. The molecule has 1 aromatic rings. The largest absolute Gasteiger partial charge is 0.353 e. The second kappa shape index (κ2) is 7.66. The molecule has 0 saturated carbocycles. The van der Waals surface area contributed by atoms with Crippen LogP contribution in [0.3, 0.4) is 0 Å². The maximum Gasteiger partial charge on any atom is 0.222 e. The summed E-state index contributed by atoms with van der Waals surface area (Å²) in [5.41, 5.74) is 0.939. The van der Waals surface area contributed by atoms with Gasteiger partial charge in [0.05, 0.1) is 12.5 Å². The zero-order chi connectivity index (χ0) is 17.1. The minimum absolute atomic E-state index is 0.00275. The highest BCUT2D eigenvalue weighted by atomic mass is 79.9. The van der Waals surface area contributed by atoms with Crippen LogP contribution in [0.25, 0.3) is 0 Å². The van der Waals surface area contributed by atoms with E-state index in [4.69, 9.17) is 0 Å². The molecule has 2 aliphatic rings. The smallest absolute Gasteiger partial charge is 0.222 e. The number of benzene rings is 1. The summed E-state index contributed by atoms with van der Waals surface area (Å²) < 4.78 is 0.974. The Morgan fingerprint density at radius 2 is 1.83 bits per heavy atom. The second-order valence-electron chi connectivity index (χ2n) is 6.88. The molecule has 3 atom stereocenters. The van der Waals surface area contributed by atoms with Gasteiger partial charge in [0.15, 0.2) is 0 Å². The van der Waals surface area contributed by atoms with Gasteiger partial charge in [-0.05, 0) is 43.4 Å². The first-order chi connectivity index (χ1) is 11.5. The van der Waals surface area contributed by atoms with E-state index < -0.39 is 0 Å². The molecule has 0 radical (unpaired) electrons. The maximum absolute atomic E-state index is 12.5. The van der Waals surface area contributed by atoms with Crippen LogP contribution in [0.1, 0.15) is 50.6 Å². The van der Waals surface area contributed by atoms with E-state index in [9.17, 15) is 9.59 Å². The quantitative estimate of drug-likeness (QED) is 0.719. The zero-order valence-electron chi connectivity index (χ0n) is 13.8. The summed E-state index contributed by atoms with van der Waals surface area (Å²) in [6.45, 7) is 1.48. The summed E-state index contributed by atoms with van der Waals surface area (Å²) in [5.74, 6) is -0.126. The number of carbonyl (C=O) groups excluding carboxylic acids is 2. The van der Waals surface area contributed by atoms with E-state index in [0.717, 1.165) is 22.9 Å². The highest BCUT2D eigenvalue weighted by Crippen LogP contribution is 2.27. The molecule has 2 saturated heterocycles. The Balaban J connectivity index is 1.60. The SMILES string of the molecule is CC(=O)NC(CC(=O)NC1CC2CCC(C1)N2)c1ccc(Br)cc1. The molecule has 2 bridgehead atoms. The zero-order valence-corrected chi connectivity index (χ0v) is 15.4. The van der Waals surface area contributed by atoms with Crippen molar-refractivity contribution < 1.29 is 9.59 Å². The van der Waals surface area contributed by atoms with Crippen molar-refractivity contribution in [2.24, 2.45) is 0 Å². The molecule has 6 heteroatoms. The van der Waals surface area contributed by atoms with Crippen molar-refractivity contribution in [3.63, 3.8) is 0 Å². The molecule has 2 fully saturated rings. The molecule has 2 amide bonds. The van der Waals surface area contributed by atoms with Crippen molar-refractivity contribution in [2.75, 3.05) is 0 Å². The van der Waals surface area contributed by atoms with E-state index >= 15 is 0 Å². The number of amides is 2. The third-order valence-electron chi connectivity index (χ3n) is 4.88. The maximum atomic E-state index is 12.5. The molecule has 3 rings (SSSR count). The molecule has 0 aliphatic carbocycles. The lowest BCUT2D eigenvalue weighted by Crippen LogP contribution is -2.48. The van der Waals surface area contributed by atoms with Crippen molar-refractivity contribution in [3.05, 3.63) is 34.3 Å². The van der Waals surface area contributed by atoms with Crippen molar-refractivity contribution in [1.82, 2.24) is 16.0 Å². The molecular formula is C18H24BrN3O2. The van der Waals surface area contributed by atoms with E-state index in [1.165, 1.54) is 19.8 Å². The van der Waals surface area contributed by atoms with Gasteiger partial charge in [-0.3, -0.25) is 9.59 Å². The molecule has 130 valence electrons. The van der Waals surface area contributed by atoms with Crippen LogP contribution in [0, 0.1) is 0 Å². The molecule has 2 aliphatic heterocycles. The van der Waals surface area contributed by atoms with Crippen LogP contribution >= 0.6 is 15.9 Å². The Hall–Kier alpha value is -1.40. The van der Waals surface area contributed by atoms with E-state index in [0.29, 0.717) is 12.1 Å². The van der Waals surface area contributed by atoms with Gasteiger partial charge in [0.25, 0.3) is 0 Å². The standard InChI is InChI=1S/C18H24BrN3O2/c1-11(23)20-17(12-2-4-13(19)5-3-12)10-18(24)22-16-8-14-6-7-15(9-16)21-14/h2-5,14-17,21H,6-10H2,1H3,(H,20,23)(H,22,24). The third-order valence-corrected chi connectivity index (χ3v) is 5.41. The average Bonchev–Trinajstić information content (AvgIpc) is 2.85. The first-order valence-corrected chi connectivity index (χ1v) is 9.37. The van der Waals surface area contributed by atoms with Gasteiger partial charge in [0.2, 0.25) is 11.8 Å². The van der Waals surface area contributed by atoms with E-state index in [2.05, 4.69) is 31.9 Å². The van der Waals surface area contributed by atoms with Crippen molar-refractivity contribution in [3.8, 4) is 0 Å². The second-order valence-corrected chi connectivity index (χ2v) is 7.80. The molecule has 24 heavy (non-hydrogen) atoms. The van der Waals surface area contributed by atoms with Crippen LogP contribution in [-0.2, 0) is 9.59 Å². The number of carbonyl (C=O) groups is 2. The van der Waals surface area contributed by atoms with Crippen LogP contribution in [0.2, 0.25) is 0 Å². The van der Waals surface area contributed by atoms with E-state index in [1.807, 2.05) is 24.3 Å². The van der Waals surface area contributed by atoms with Gasteiger partial charge >= 0.3 is 0 Å². The molecule has 0 spiro atoms. The molecule has 2 heterocycles. The normalized spacial score (nSPS) is 26.7. The van der Waals surface area contributed by atoms with Crippen LogP contribution in [0.4, 0.5) is 0 Å². The number of fused-ring (bicyclic) bond motifs is 2. The highest BCUT2D eigenvalue weighted by molar-refractivity contribution is 9.10. The first kappa shape index (κ1) is 17.4. The summed E-state index contributed by atoms with van der Waals surface area (Å²) in [7, 11) is 0. The number of halogens is 1. The molecule has 0 aromatic heterocycles. The minimum atomic E-state index is -0.297. The fourth-order valence-corrected chi connectivity index (χ4v) is 4.10. The van der Waals surface area contributed by atoms with Gasteiger partial charge in [-0.2, -0.15) is 0 Å². The summed E-state index contributed by atoms with van der Waals surface area (Å²) in [6, 6.07) is 8.76. The molecular weight excluding hydrogens is 370 g/mol. The summed E-state index contributed by atoms with van der Waals surface area (Å²) in [6.07, 6.45) is 4.70. The fourth-order valence-electron chi connectivity index (χ4n) is 3.84. The number of piperidine rings is 1. The summed E-state index contributed by atoms with van der Waals surface area (Å²) >= 11 is 3.41. The number of rotatable bonds is 5. The Bertz CT molecular complexity index is 593. The van der Waals surface area contributed by atoms with E-state index in [1.54, 1.807) is 0 Å².